The van der Waals surface area contributed by atoms with Crippen LogP contribution in [0.4, 0.5) is 17.6 Å². The second kappa shape index (κ2) is 8.82. The minimum absolute atomic E-state index is 0.0404. The topological polar surface area (TPSA) is 72.8 Å². The zero-order chi connectivity index (χ0) is 22.8. The summed E-state index contributed by atoms with van der Waals surface area (Å²) in [5.74, 6) is -11.0. The van der Waals surface area contributed by atoms with Crippen molar-refractivity contribution in [2.24, 2.45) is 0 Å². The van der Waals surface area contributed by atoms with Crippen molar-refractivity contribution in [3.8, 4) is 0 Å². The number of alkyl halides is 5. The van der Waals surface area contributed by atoms with Crippen LogP contribution in [0.15, 0.2) is 30.3 Å². The summed E-state index contributed by atoms with van der Waals surface area (Å²) in [5, 5.41) is 10.5. The number of carbonyl (C=O) groups excluding carboxylic acids is 2. The summed E-state index contributed by atoms with van der Waals surface area (Å²) in [7, 11) is 0. The summed E-state index contributed by atoms with van der Waals surface area (Å²) >= 11 is 1.79. The third-order valence-electron chi connectivity index (χ3n) is 5.42. The highest BCUT2D eigenvalue weighted by Gasteiger charge is 2.61. The van der Waals surface area contributed by atoms with Gasteiger partial charge in [-0.3, -0.25) is 0 Å². The van der Waals surface area contributed by atoms with Gasteiger partial charge in [0.25, 0.3) is 5.79 Å². The van der Waals surface area contributed by atoms with Crippen molar-refractivity contribution < 1.29 is 41.7 Å². The number of hydrogen-bond acceptors (Lipinski definition) is 5. The molecule has 5 nitrogen and oxygen atoms in total. The van der Waals surface area contributed by atoms with Gasteiger partial charge in [-0.25, -0.2) is 9.59 Å². The van der Waals surface area contributed by atoms with Crippen LogP contribution in [0.25, 0.3) is 0 Å². The molecule has 1 saturated carbocycles. The Balaban J connectivity index is 2.09. The molecule has 0 aromatic heterocycles. The largest absolute Gasteiger partial charge is 0.418 e. The van der Waals surface area contributed by atoms with Crippen molar-refractivity contribution >= 4 is 27.9 Å². The summed E-state index contributed by atoms with van der Waals surface area (Å²) < 4.78 is 64.7. The first kappa shape index (κ1) is 24.6. The Labute approximate surface area is 179 Å². The van der Waals surface area contributed by atoms with Gasteiger partial charge in [0.1, 0.15) is 5.60 Å². The molecule has 0 bridgehead atoms. The smallest absolute Gasteiger partial charge is 0.396 e. The molecule has 0 saturated heterocycles. The number of ether oxygens (including phenoxy) is 2. The van der Waals surface area contributed by atoms with E-state index in [-0.39, 0.29) is 38.0 Å². The zero-order valence-corrected chi connectivity index (χ0v) is 18.1. The van der Waals surface area contributed by atoms with E-state index in [1.165, 1.54) is 6.92 Å². The lowest BCUT2D eigenvalue weighted by Gasteiger charge is -2.41. The molecule has 0 aliphatic heterocycles. The van der Waals surface area contributed by atoms with Gasteiger partial charge >= 0.3 is 22.7 Å². The van der Waals surface area contributed by atoms with Gasteiger partial charge in [-0.15, -0.1) is 0 Å². The van der Waals surface area contributed by atoms with Crippen LogP contribution in [-0.4, -0.2) is 39.2 Å². The number of rotatable bonds is 7. The first-order chi connectivity index (χ1) is 13.7. The maximum Gasteiger partial charge on any atom is 0.396 e. The van der Waals surface area contributed by atoms with Crippen LogP contribution >= 0.6 is 15.9 Å². The first-order valence-corrected chi connectivity index (χ1v) is 10.2. The normalized spacial score (nSPS) is 24.6. The molecule has 1 fully saturated rings. The van der Waals surface area contributed by atoms with Gasteiger partial charge in [0.15, 0.2) is 0 Å². The predicted molar refractivity (Wildman–Crippen MR) is 102 cm³/mol. The molecule has 1 aliphatic carbocycles. The van der Waals surface area contributed by atoms with E-state index in [2.05, 4.69) is 9.47 Å². The number of carbonyl (C=O) groups is 2. The van der Waals surface area contributed by atoms with Crippen molar-refractivity contribution in [2.75, 3.05) is 0 Å². The molecule has 30 heavy (non-hydrogen) atoms. The molecule has 1 aromatic carbocycles. The summed E-state index contributed by atoms with van der Waals surface area (Å²) in [6, 6.07) is 9.21. The Morgan fingerprint density at radius 2 is 1.60 bits per heavy atom. The van der Waals surface area contributed by atoms with Crippen molar-refractivity contribution in [1.82, 2.24) is 0 Å². The van der Waals surface area contributed by atoms with Crippen LogP contribution in [0.3, 0.4) is 0 Å². The van der Waals surface area contributed by atoms with E-state index in [0.717, 1.165) is 12.5 Å². The summed E-state index contributed by atoms with van der Waals surface area (Å²) in [6.07, 6.45) is -0.649. The second-order valence-corrected chi connectivity index (χ2v) is 8.55. The highest BCUT2D eigenvalue weighted by atomic mass is 79.9. The standard InChI is InChI=1S/C20H23BrF4O5/c1-3-17(2,30-16(27)20(21,24)25)29-15(26)19(22,23)18(28)11-9-14(10-12-18)13-7-5-4-6-8-13/h4-8,14,28H,3,9-12H2,1-2H3. The molecule has 1 N–H and O–H groups in total. The van der Waals surface area contributed by atoms with E-state index < -0.39 is 34.1 Å². The second-order valence-electron chi connectivity index (χ2n) is 7.56. The molecule has 168 valence electrons. The van der Waals surface area contributed by atoms with E-state index in [0.29, 0.717) is 0 Å². The van der Waals surface area contributed by atoms with Crippen LogP contribution in [0.1, 0.15) is 57.4 Å². The van der Waals surface area contributed by atoms with Crippen LogP contribution < -0.4 is 0 Å². The van der Waals surface area contributed by atoms with Gasteiger partial charge < -0.3 is 14.6 Å². The van der Waals surface area contributed by atoms with E-state index in [1.54, 1.807) is 15.9 Å². The number of benzene rings is 1. The maximum absolute atomic E-state index is 14.8. The Morgan fingerprint density at radius 3 is 2.07 bits per heavy atom. The summed E-state index contributed by atoms with van der Waals surface area (Å²) in [6.45, 7) is 2.21. The van der Waals surface area contributed by atoms with Crippen molar-refractivity contribution in [2.45, 2.75) is 74.0 Å². The quantitative estimate of drug-likeness (QED) is 0.250. The van der Waals surface area contributed by atoms with Gasteiger partial charge in [0, 0.05) is 29.3 Å². The summed E-state index contributed by atoms with van der Waals surface area (Å²) in [4.78, 5) is 19.5. The third kappa shape index (κ3) is 5.32. The van der Waals surface area contributed by atoms with Gasteiger partial charge in [0.05, 0.1) is 0 Å². The summed E-state index contributed by atoms with van der Waals surface area (Å²) in [5.41, 5.74) is -1.71. The fourth-order valence-electron chi connectivity index (χ4n) is 3.34. The molecule has 0 amide bonds. The van der Waals surface area contributed by atoms with E-state index >= 15 is 0 Å². The van der Waals surface area contributed by atoms with Crippen LogP contribution in [0.5, 0.6) is 0 Å². The first-order valence-electron chi connectivity index (χ1n) is 9.43. The molecule has 0 heterocycles. The molecule has 0 spiro atoms. The molecule has 2 rings (SSSR count). The molecule has 1 aromatic rings. The number of esters is 2. The Morgan fingerprint density at radius 1 is 1.10 bits per heavy atom. The van der Waals surface area contributed by atoms with Gasteiger partial charge in [0.2, 0.25) is 0 Å². The fraction of sp³-hybridized carbons (Fsp3) is 0.600. The van der Waals surface area contributed by atoms with E-state index in [9.17, 15) is 32.3 Å². The van der Waals surface area contributed by atoms with Crippen molar-refractivity contribution in [3.05, 3.63) is 35.9 Å². The van der Waals surface area contributed by atoms with Crippen LogP contribution in [0.2, 0.25) is 0 Å². The van der Waals surface area contributed by atoms with Gasteiger partial charge in [-0.05, 0) is 37.2 Å². The Hall–Kier alpha value is -1.68. The SMILES string of the molecule is CCC(C)(OC(=O)C(F)(F)Br)OC(=O)C(F)(F)C1(O)CCC(c2ccccc2)CC1. The number of aliphatic hydroxyl groups is 1. The molecular formula is C20H23BrF4O5. The number of hydrogen-bond donors (Lipinski definition) is 1. The lowest BCUT2D eigenvalue weighted by atomic mass is 9.73. The molecule has 0 radical (unpaired) electrons. The third-order valence-corrected chi connectivity index (χ3v) is 5.74. The molecule has 1 aliphatic rings. The maximum atomic E-state index is 14.8. The monoisotopic (exact) mass is 498 g/mol. The molecule has 10 heteroatoms. The highest BCUT2D eigenvalue weighted by molar-refractivity contribution is 9.10. The predicted octanol–water partition coefficient (Wildman–Crippen LogP) is 4.91. The highest BCUT2D eigenvalue weighted by Crippen LogP contribution is 2.46. The molecular weight excluding hydrogens is 476 g/mol. The average Bonchev–Trinajstić information content (AvgIpc) is 2.68. The fourth-order valence-corrected chi connectivity index (χ4v) is 3.42. The average molecular weight is 499 g/mol. The Bertz CT molecular complexity index is 760. The van der Waals surface area contributed by atoms with Gasteiger partial charge in [-0.1, -0.05) is 37.3 Å². The minimum atomic E-state index is -4.32. The minimum Gasteiger partial charge on any atom is -0.418 e. The van der Waals surface area contributed by atoms with E-state index in [4.69, 9.17) is 0 Å². The molecule has 1 unspecified atom stereocenters. The lowest BCUT2D eigenvalue weighted by Crippen LogP contribution is -2.57. The van der Waals surface area contributed by atoms with Crippen molar-refractivity contribution in [1.29, 1.82) is 0 Å². The van der Waals surface area contributed by atoms with Crippen LogP contribution in [-0.2, 0) is 19.1 Å². The van der Waals surface area contributed by atoms with Crippen LogP contribution in [0, 0.1) is 0 Å². The lowest BCUT2D eigenvalue weighted by molar-refractivity contribution is -0.263. The number of halogens is 5. The van der Waals surface area contributed by atoms with Crippen molar-refractivity contribution in [3.63, 3.8) is 0 Å². The zero-order valence-electron chi connectivity index (χ0n) is 16.5. The molecule has 1 atom stereocenters. The van der Waals surface area contributed by atoms with Gasteiger partial charge in [-0.2, -0.15) is 17.6 Å². The Kier molecular flexibility index (Phi) is 7.23. The van der Waals surface area contributed by atoms with E-state index in [1.807, 2.05) is 30.3 Å².